The van der Waals surface area contributed by atoms with Gasteiger partial charge in [0.15, 0.2) is 0 Å². The molecule has 2 fully saturated rings. The van der Waals surface area contributed by atoms with E-state index in [0.29, 0.717) is 25.2 Å². The molecule has 3 N–H and O–H groups in total. The number of halogens is 1. The Morgan fingerprint density at radius 2 is 2.03 bits per heavy atom. The van der Waals surface area contributed by atoms with Crippen molar-refractivity contribution < 1.29 is 14.6 Å². The SMILES string of the molecule is O=C(CO)N1CCN(CC[C@@H]2CSC(c3cc4cc(Cl)cc(NC5CCOCC5)c4[nH]3)=N2)CC1. The van der Waals surface area contributed by atoms with E-state index in [4.69, 9.17) is 26.4 Å². The lowest BCUT2D eigenvalue weighted by Crippen LogP contribution is -2.49. The molecule has 1 amide bonds. The number of benzene rings is 1. The third-order valence-corrected chi connectivity index (χ3v) is 8.22. The fourth-order valence-corrected chi connectivity index (χ4v) is 6.17. The van der Waals surface area contributed by atoms with Crippen molar-refractivity contribution in [1.29, 1.82) is 0 Å². The first kappa shape index (κ1) is 23.9. The number of carbonyl (C=O) groups is 1. The molecule has 0 radical (unpaired) electrons. The minimum atomic E-state index is -0.399. The number of aliphatic hydroxyl groups is 1. The Labute approximate surface area is 209 Å². The predicted octanol–water partition coefficient (Wildman–Crippen LogP) is 2.80. The van der Waals surface area contributed by atoms with Gasteiger partial charge in [-0.1, -0.05) is 11.6 Å². The zero-order valence-corrected chi connectivity index (χ0v) is 20.8. The normalized spacial score (nSPS) is 22.4. The minimum absolute atomic E-state index is 0.174. The lowest BCUT2D eigenvalue weighted by atomic mass is 10.1. The third kappa shape index (κ3) is 5.54. The number of ether oxygens (including phenoxy) is 1. The largest absolute Gasteiger partial charge is 0.387 e. The molecular weight excluding hydrogens is 474 g/mol. The second-order valence-electron chi connectivity index (χ2n) is 9.20. The summed E-state index contributed by atoms with van der Waals surface area (Å²) in [6, 6.07) is 6.85. The molecule has 1 aromatic heterocycles. The molecule has 0 aliphatic carbocycles. The Kier molecular flexibility index (Phi) is 7.65. The summed E-state index contributed by atoms with van der Waals surface area (Å²) in [7, 11) is 0. The van der Waals surface area contributed by atoms with Crippen LogP contribution in [0.2, 0.25) is 5.02 Å². The maximum absolute atomic E-state index is 11.6. The van der Waals surface area contributed by atoms with Crippen LogP contribution in [0.25, 0.3) is 10.9 Å². The number of amides is 1. The van der Waals surface area contributed by atoms with Gasteiger partial charge in [-0.2, -0.15) is 0 Å². The molecule has 1 atom stereocenters. The molecule has 34 heavy (non-hydrogen) atoms. The molecule has 3 aliphatic rings. The molecule has 10 heteroatoms. The first-order valence-corrected chi connectivity index (χ1v) is 13.4. The van der Waals surface area contributed by atoms with Gasteiger partial charge in [-0.05, 0) is 37.5 Å². The van der Waals surface area contributed by atoms with E-state index >= 15 is 0 Å². The van der Waals surface area contributed by atoms with Gasteiger partial charge < -0.3 is 25.0 Å². The van der Waals surface area contributed by atoms with Crippen LogP contribution in [0.1, 0.15) is 25.0 Å². The van der Waals surface area contributed by atoms with Crippen molar-refractivity contribution in [2.75, 3.05) is 63.6 Å². The average Bonchev–Trinajstić information content (AvgIpc) is 3.50. The highest BCUT2D eigenvalue weighted by Gasteiger charge is 2.25. The van der Waals surface area contributed by atoms with Crippen LogP contribution in [0.4, 0.5) is 5.69 Å². The van der Waals surface area contributed by atoms with Crippen molar-refractivity contribution in [1.82, 2.24) is 14.8 Å². The number of aliphatic imine (C=N–C) groups is 1. The van der Waals surface area contributed by atoms with Crippen LogP contribution in [-0.4, -0.2) is 101 Å². The number of aromatic amines is 1. The number of H-pyrrole nitrogens is 1. The molecule has 8 nitrogen and oxygen atoms in total. The van der Waals surface area contributed by atoms with Crippen LogP contribution in [0.5, 0.6) is 0 Å². The lowest BCUT2D eigenvalue weighted by molar-refractivity contribution is -0.135. The van der Waals surface area contributed by atoms with Gasteiger partial charge in [0.1, 0.15) is 11.7 Å². The number of thioether (sulfide) groups is 1. The summed E-state index contributed by atoms with van der Waals surface area (Å²) in [5.41, 5.74) is 3.17. The van der Waals surface area contributed by atoms with E-state index in [1.54, 1.807) is 4.90 Å². The van der Waals surface area contributed by atoms with Gasteiger partial charge in [-0.15, -0.1) is 11.8 Å². The van der Waals surface area contributed by atoms with E-state index in [1.165, 1.54) is 0 Å². The van der Waals surface area contributed by atoms with Crippen LogP contribution in [0.3, 0.4) is 0 Å². The number of aliphatic hydroxyl groups excluding tert-OH is 1. The fraction of sp³-hybridized carbons (Fsp3) is 0.583. The number of carbonyl (C=O) groups excluding carboxylic acids is 1. The van der Waals surface area contributed by atoms with E-state index in [2.05, 4.69) is 21.3 Å². The molecule has 2 saturated heterocycles. The van der Waals surface area contributed by atoms with Gasteiger partial charge in [0.05, 0.1) is 22.9 Å². The molecule has 4 heterocycles. The molecule has 0 bridgehead atoms. The number of hydrogen-bond donors (Lipinski definition) is 3. The van der Waals surface area contributed by atoms with Crippen molar-refractivity contribution in [2.24, 2.45) is 4.99 Å². The topological polar surface area (TPSA) is 93.2 Å². The van der Waals surface area contributed by atoms with Gasteiger partial charge in [0.2, 0.25) is 5.91 Å². The minimum Gasteiger partial charge on any atom is -0.387 e. The maximum Gasteiger partial charge on any atom is 0.248 e. The Bertz CT molecular complexity index is 1050. The van der Waals surface area contributed by atoms with Crippen molar-refractivity contribution in [3.63, 3.8) is 0 Å². The number of nitrogens with zero attached hydrogens (tertiary/aromatic N) is 3. The number of rotatable bonds is 7. The monoisotopic (exact) mass is 505 g/mol. The number of piperazine rings is 1. The number of aromatic nitrogens is 1. The zero-order valence-electron chi connectivity index (χ0n) is 19.3. The quantitative estimate of drug-likeness (QED) is 0.536. The second-order valence-corrected chi connectivity index (χ2v) is 10.6. The van der Waals surface area contributed by atoms with Crippen LogP contribution in [0, 0.1) is 0 Å². The summed E-state index contributed by atoms with van der Waals surface area (Å²) in [4.78, 5) is 24.4. The molecule has 0 unspecified atom stereocenters. The summed E-state index contributed by atoms with van der Waals surface area (Å²) in [6.07, 6.45) is 3.00. The van der Waals surface area contributed by atoms with Gasteiger partial charge in [-0.25, -0.2) is 0 Å². The first-order chi connectivity index (χ1) is 16.6. The Balaban J connectivity index is 1.21. The molecule has 2 aromatic rings. The van der Waals surface area contributed by atoms with Gasteiger partial charge in [0, 0.05) is 68.1 Å². The highest BCUT2D eigenvalue weighted by atomic mass is 35.5. The maximum atomic E-state index is 11.6. The number of hydrogen-bond acceptors (Lipinski definition) is 7. The molecule has 1 aromatic carbocycles. The van der Waals surface area contributed by atoms with Crippen molar-refractivity contribution in [3.05, 3.63) is 28.9 Å². The second kappa shape index (κ2) is 10.9. The number of fused-ring (bicyclic) bond motifs is 1. The van der Waals surface area contributed by atoms with Crippen molar-refractivity contribution in [3.8, 4) is 0 Å². The summed E-state index contributed by atoms with van der Waals surface area (Å²) in [6.45, 7) is 5.26. The van der Waals surface area contributed by atoms with E-state index in [0.717, 1.165) is 90.2 Å². The molecule has 0 spiro atoms. The van der Waals surface area contributed by atoms with E-state index < -0.39 is 6.61 Å². The van der Waals surface area contributed by atoms with E-state index in [-0.39, 0.29) is 5.91 Å². The molecule has 184 valence electrons. The summed E-state index contributed by atoms with van der Waals surface area (Å²) in [5.74, 6) is 0.813. The number of anilines is 1. The van der Waals surface area contributed by atoms with Gasteiger partial charge in [0.25, 0.3) is 0 Å². The molecule has 5 rings (SSSR count). The Hall–Kier alpha value is -1.78. The predicted molar refractivity (Wildman–Crippen MR) is 138 cm³/mol. The molecule has 0 saturated carbocycles. The highest BCUT2D eigenvalue weighted by Crippen LogP contribution is 2.33. The van der Waals surface area contributed by atoms with Crippen LogP contribution < -0.4 is 5.32 Å². The third-order valence-electron chi connectivity index (χ3n) is 6.86. The fourth-order valence-electron chi connectivity index (χ4n) is 4.86. The number of nitrogens with one attached hydrogen (secondary N) is 2. The lowest BCUT2D eigenvalue weighted by Gasteiger charge is -2.34. The van der Waals surface area contributed by atoms with Crippen LogP contribution in [-0.2, 0) is 9.53 Å². The van der Waals surface area contributed by atoms with E-state index in [9.17, 15) is 4.79 Å². The van der Waals surface area contributed by atoms with Crippen LogP contribution >= 0.6 is 23.4 Å². The van der Waals surface area contributed by atoms with Gasteiger partial charge in [-0.3, -0.25) is 14.7 Å². The summed E-state index contributed by atoms with van der Waals surface area (Å²) < 4.78 is 5.49. The summed E-state index contributed by atoms with van der Waals surface area (Å²) in [5, 5.41) is 15.6. The Morgan fingerprint density at radius 3 is 2.79 bits per heavy atom. The first-order valence-electron chi connectivity index (χ1n) is 12.1. The van der Waals surface area contributed by atoms with Gasteiger partial charge >= 0.3 is 0 Å². The summed E-state index contributed by atoms with van der Waals surface area (Å²) >= 11 is 8.24. The van der Waals surface area contributed by atoms with Crippen molar-refractivity contribution in [2.45, 2.75) is 31.3 Å². The van der Waals surface area contributed by atoms with E-state index in [1.807, 2.05) is 23.9 Å². The molecular formula is C24H32ClN5O3S. The standard InChI is InChI=1S/C24H32ClN5O3S/c25-17-11-16-12-21(28-23(16)20(13-17)26-18-2-9-33-10-3-18)24-27-19(15-34-24)1-4-29-5-7-30(8-6-29)22(32)14-31/h11-13,18-19,26,28,31H,1-10,14-15H2/t19-/m1/s1. The van der Waals surface area contributed by atoms with Crippen LogP contribution in [0.15, 0.2) is 23.2 Å². The molecule has 3 aliphatic heterocycles. The highest BCUT2D eigenvalue weighted by molar-refractivity contribution is 8.14. The zero-order chi connectivity index (χ0) is 23.5. The average molecular weight is 506 g/mol. The smallest absolute Gasteiger partial charge is 0.248 e. The Morgan fingerprint density at radius 1 is 1.24 bits per heavy atom. The van der Waals surface area contributed by atoms with Crippen molar-refractivity contribution >= 4 is 50.9 Å².